The van der Waals surface area contributed by atoms with Gasteiger partial charge >= 0.3 is 5.97 Å². The second-order valence-corrected chi connectivity index (χ2v) is 6.20. The fraction of sp³-hybridized carbons (Fsp3) is 0.385. The maximum atomic E-state index is 12.3. The molecule has 7 heteroatoms. The molecule has 6 nitrogen and oxygen atoms in total. The Bertz CT molecular complexity index is 647. The van der Waals surface area contributed by atoms with Crippen molar-refractivity contribution in [2.24, 2.45) is 0 Å². The van der Waals surface area contributed by atoms with E-state index < -0.39 is 16.0 Å². The Morgan fingerprint density at radius 1 is 1.45 bits per heavy atom. The highest BCUT2D eigenvalue weighted by Gasteiger charge is 2.23. The summed E-state index contributed by atoms with van der Waals surface area (Å²) in [4.78, 5) is 11.4. The van der Waals surface area contributed by atoms with Crippen molar-refractivity contribution in [3.8, 4) is 6.07 Å². The standard InChI is InChI=1S/C13H16N2O4S/c1-4-19-13(16)9-15(3)20(17,18)12-6-5-11(8-14)10(2)7-12/h5-7H,4,9H2,1-3H3. The van der Waals surface area contributed by atoms with E-state index in [2.05, 4.69) is 0 Å². The van der Waals surface area contributed by atoms with Crippen LogP contribution < -0.4 is 0 Å². The lowest BCUT2D eigenvalue weighted by molar-refractivity contribution is -0.143. The molecule has 0 atom stereocenters. The number of likely N-dealkylation sites (N-methyl/N-ethyl adjacent to an activating group) is 1. The Labute approximate surface area is 118 Å². The van der Waals surface area contributed by atoms with Gasteiger partial charge in [0.25, 0.3) is 0 Å². The molecule has 0 fully saturated rings. The number of benzene rings is 1. The van der Waals surface area contributed by atoms with Crippen molar-refractivity contribution in [2.45, 2.75) is 18.7 Å². The zero-order valence-electron chi connectivity index (χ0n) is 11.6. The molecule has 0 spiro atoms. The number of carbonyl (C=O) groups is 1. The third kappa shape index (κ3) is 3.56. The molecular formula is C13H16N2O4S. The highest BCUT2D eigenvalue weighted by molar-refractivity contribution is 7.89. The number of carbonyl (C=O) groups excluding carboxylic acids is 1. The van der Waals surface area contributed by atoms with E-state index in [9.17, 15) is 13.2 Å². The van der Waals surface area contributed by atoms with Crippen LogP contribution in [0.1, 0.15) is 18.1 Å². The van der Waals surface area contributed by atoms with Gasteiger partial charge in [0.05, 0.1) is 23.1 Å². The number of sulfonamides is 1. The van der Waals surface area contributed by atoms with Crippen LogP contribution in [0.5, 0.6) is 0 Å². The molecule has 0 saturated carbocycles. The van der Waals surface area contributed by atoms with Gasteiger partial charge in [-0.1, -0.05) is 0 Å². The summed E-state index contributed by atoms with van der Waals surface area (Å²) in [6.45, 7) is 3.15. The molecule has 0 heterocycles. The highest BCUT2D eigenvalue weighted by Crippen LogP contribution is 2.18. The summed E-state index contributed by atoms with van der Waals surface area (Å²) in [5.41, 5.74) is 0.982. The van der Waals surface area contributed by atoms with Gasteiger partial charge < -0.3 is 4.74 Å². The molecule has 0 saturated heterocycles. The minimum atomic E-state index is -3.78. The molecule has 0 unspecified atom stereocenters. The van der Waals surface area contributed by atoms with Crippen LogP contribution in [0.4, 0.5) is 0 Å². The van der Waals surface area contributed by atoms with Crippen LogP contribution in [0.3, 0.4) is 0 Å². The molecule has 20 heavy (non-hydrogen) atoms. The first-order valence-corrected chi connectivity index (χ1v) is 7.39. The lowest BCUT2D eigenvalue weighted by Gasteiger charge is -2.16. The number of esters is 1. The van der Waals surface area contributed by atoms with Gasteiger partial charge in [0.15, 0.2) is 0 Å². The van der Waals surface area contributed by atoms with E-state index in [1.807, 2.05) is 6.07 Å². The molecule has 0 aliphatic carbocycles. The van der Waals surface area contributed by atoms with Crippen LogP contribution in [0.15, 0.2) is 23.1 Å². The van der Waals surface area contributed by atoms with Gasteiger partial charge in [0.1, 0.15) is 6.54 Å². The molecule has 0 N–H and O–H groups in total. The number of hydrogen-bond donors (Lipinski definition) is 0. The van der Waals surface area contributed by atoms with Gasteiger partial charge in [-0.05, 0) is 37.6 Å². The van der Waals surface area contributed by atoms with Crippen molar-refractivity contribution < 1.29 is 17.9 Å². The van der Waals surface area contributed by atoms with Gasteiger partial charge in [-0.3, -0.25) is 4.79 Å². The zero-order valence-corrected chi connectivity index (χ0v) is 12.4. The second kappa shape index (κ2) is 6.50. The molecule has 108 valence electrons. The lowest BCUT2D eigenvalue weighted by atomic mass is 10.1. The van der Waals surface area contributed by atoms with Crippen molar-refractivity contribution in [3.05, 3.63) is 29.3 Å². The van der Waals surface area contributed by atoms with Gasteiger partial charge in [-0.15, -0.1) is 0 Å². The van der Waals surface area contributed by atoms with E-state index in [0.29, 0.717) is 11.1 Å². The molecule has 0 aromatic heterocycles. The largest absolute Gasteiger partial charge is 0.465 e. The summed E-state index contributed by atoms with van der Waals surface area (Å²) in [5.74, 6) is -0.607. The summed E-state index contributed by atoms with van der Waals surface area (Å²) in [7, 11) is -2.47. The Morgan fingerprint density at radius 3 is 2.60 bits per heavy atom. The van der Waals surface area contributed by atoms with Crippen LogP contribution >= 0.6 is 0 Å². The predicted molar refractivity (Wildman–Crippen MR) is 72.3 cm³/mol. The fourth-order valence-electron chi connectivity index (χ4n) is 1.58. The van der Waals surface area contributed by atoms with E-state index >= 15 is 0 Å². The summed E-state index contributed by atoms with van der Waals surface area (Å²) in [6.07, 6.45) is 0. The van der Waals surface area contributed by atoms with Crippen molar-refractivity contribution >= 4 is 16.0 Å². The number of hydrogen-bond acceptors (Lipinski definition) is 5. The lowest BCUT2D eigenvalue weighted by Crippen LogP contribution is -2.33. The molecule has 1 aromatic rings. The summed E-state index contributed by atoms with van der Waals surface area (Å²) < 4.78 is 30.2. The smallest absolute Gasteiger partial charge is 0.321 e. The maximum absolute atomic E-state index is 12.3. The molecule has 1 aromatic carbocycles. The first-order valence-electron chi connectivity index (χ1n) is 5.95. The molecule has 1 rings (SSSR count). The van der Waals surface area contributed by atoms with Crippen molar-refractivity contribution in [3.63, 3.8) is 0 Å². The minimum Gasteiger partial charge on any atom is -0.465 e. The van der Waals surface area contributed by atoms with Crippen LogP contribution in [-0.2, 0) is 19.6 Å². The molecule has 0 aliphatic heterocycles. The maximum Gasteiger partial charge on any atom is 0.321 e. The first kappa shape index (κ1) is 16.1. The number of rotatable bonds is 5. The van der Waals surface area contributed by atoms with Gasteiger partial charge in [0, 0.05) is 7.05 Å². The minimum absolute atomic E-state index is 0.0424. The van der Waals surface area contributed by atoms with E-state index in [4.69, 9.17) is 10.00 Å². The molecule has 0 amide bonds. The average Bonchev–Trinajstić information content (AvgIpc) is 2.38. The second-order valence-electron chi connectivity index (χ2n) is 4.15. The number of aryl methyl sites for hydroxylation is 1. The van der Waals surface area contributed by atoms with Gasteiger partial charge in [-0.25, -0.2) is 8.42 Å². The topological polar surface area (TPSA) is 87.5 Å². The highest BCUT2D eigenvalue weighted by atomic mass is 32.2. The Kier molecular flexibility index (Phi) is 5.25. The first-order chi connectivity index (χ1) is 9.32. The Balaban J connectivity index is 3.02. The van der Waals surface area contributed by atoms with Crippen molar-refractivity contribution in [1.29, 1.82) is 5.26 Å². The summed E-state index contributed by atoms with van der Waals surface area (Å²) in [5, 5.41) is 8.83. The predicted octanol–water partition coefficient (Wildman–Crippen LogP) is 1.05. The average molecular weight is 296 g/mol. The SMILES string of the molecule is CCOC(=O)CN(C)S(=O)(=O)c1ccc(C#N)c(C)c1. The normalized spacial score (nSPS) is 11.2. The van der Waals surface area contributed by atoms with E-state index in [1.165, 1.54) is 25.2 Å². The molecule has 0 aliphatic rings. The zero-order chi connectivity index (χ0) is 15.3. The van der Waals surface area contributed by atoms with Crippen molar-refractivity contribution in [2.75, 3.05) is 20.2 Å². The van der Waals surface area contributed by atoms with Crippen molar-refractivity contribution in [1.82, 2.24) is 4.31 Å². The Morgan fingerprint density at radius 2 is 2.10 bits per heavy atom. The molecule has 0 radical (unpaired) electrons. The van der Waals surface area contributed by atoms with E-state index in [-0.39, 0.29) is 18.0 Å². The summed E-state index contributed by atoms with van der Waals surface area (Å²) >= 11 is 0. The van der Waals surface area contributed by atoms with Crippen LogP contribution in [0.25, 0.3) is 0 Å². The molecule has 0 bridgehead atoms. The quantitative estimate of drug-likeness (QED) is 0.758. The van der Waals surface area contributed by atoms with Gasteiger partial charge in [-0.2, -0.15) is 9.57 Å². The number of nitrogens with zero attached hydrogens (tertiary/aromatic N) is 2. The van der Waals surface area contributed by atoms with Gasteiger partial charge in [0.2, 0.25) is 10.0 Å². The summed E-state index contributed by atoms with van der Waals surface area (Å²) in [6, 6.07) is 6.18. The number of nitriles is 1. The van der Waals surface area contributed by atoms with E-state index in [0.717, 1.165) is 4.31 Å². The monoisotopic (exact) mass is 296 g/mol. The van der Waals surface area contributed by atoms with E-state index in [1.54, 1.807) is 13.8 Å². The fourth-order valence-corrected chi connectivity index (χ4v) is 2.78. The third-order valence-electron chi connectivity index (χ3n) is 2.68. The molecular weight excluding hydrogens is 280 g/mol. The number of ether oxygens (including phenoxy) is 1. The van der Waals surface area contributed by atoms with Crippen LogP contribution in [-0.4, -0.2) is 38.9 Å². The van der Waals surface area contributed by atoms with Crippen LogP contribution in [0, 0.1) is 18.3 Å². The van der Waals surface area contributed by atoms with Crippen LogP contribution in [0.2, 0.25) is 0 Å². The Hall–Kier alpha value is -1.91. The third-order valence-corrected chi connectivity index (χ3v) is 4.48.